The summed E-state index contributed by atoms with van der Waals surface area (Å²) in [5, 5.41) is 6.81. The zero-order valence-corrected chi connectivity index (χ0v) is 9.76. The Balaban J connectivity index is 0.000000980. The molecule has 0 radical (unpaired) electrons. The molecule has 0 aromatic carbocycles. The largest absolute Gasteiger partial charge is 0.355 e. The first kappa shape index (κ1) is 12.1. The van der Waals surface area contributed by atoms with Crippen molar-refractivity contribution in [3.05, 3.63) is 0 Å². The highest BCUT2D eigenvalue weighted by Gasteiger charge is 2.25. The Kier molecular flexibility index (Phi) is 5.06. The first-order valence-electron chi connectivity index (χ1n) is 4.96. The predicted octanol–water partition coefficient (Wildman–Crippen LogP) is 0.639. The SMILES string of the molecule is Cl.O=C(NCC1CCCS1)C1CNC1. The number of nitrogens with one attached hydrogen (secondary N) is 2. The van der Waals surface area contributed by atoms with Crippen molar-refractivity contribution in [3.63, 3.8) is 0 Å². The maximum absolute atomic E-state index is 11.4. The molecule has 2 N–H and O–H groups in total. The van der Waals surface area contributed by atoms with Crippen LogP contribution in [-0.2, 0) is 4.79 Å². The molecular formula is C9H17ClN2OS. The van der Waals surface area contributed by atoms with Crippen LogP contribution in [0, 0.1) is 5.92 Å². The summed E-state index contributed by atoms with van der Waals surface area (Å²) in [6.45, 7) is 2.60. The summed E-state index contributed by atoms with van der Waals surface area (Å²) < 4.78 is 0. The first-order chi connectivity index (χ1) is 6.36. The number of hydrogen-bond donors (Lipinski definition) is 2. The molecule has 0 spiro atoms. The number of carbonyl (C=O) groups is 1. The Morgan fingerprint density at radius 2 is 2.29 bits per heavy atom. The van der Waals surface area contributed by atoms with E-state index in [0.29, 0.717) is 5.25 Å². The highest BCUT2D eigenvalue weighted by atomic mass is 35.5. The zero-order valence-electron chi connectivity index (χ0n) is 8.12. The second-order valence-electron chi connectivity index (χ2n) is 3.74. The normalized spacial score (nSPS) is 26.4. The van der Waals surface area contributed by atoms with Crippen LogP contribution in [0.1, 0.15) is 12.8 Å². The van der Waals surface area contributed by atoms with Crippen LogP contribution in [0.15, 0.2) is 0 Å². The Morgan fingerprint density at radius 3 is 2.79 bits per heavy atom. The molecule has 2 rings (SSSR count). The van der Waals surface area contributed by atoms with Gasteiger partial charge in [-0.15, -0.1) is 12.4 Å². The minimum absolute atomic E-state index is 0. The summed E-state index contributed by atoms with van der Waals surface area (Å²) >= 11 is 1.99. The summed E-state index contributed by atoms with van der Waals surface area (Å²) in [6, 6.07) is 0. The molecule has 82 valence electrons. The second kappa shape index (κ2) is 5.83. The van der Waals surface area contributed by atoms with Gasteiger partial charge in [0.05, 0.1) is 5.92 Å². The van der Waals surface area contributed by atoms with Crippen LogP contribution in [0.25, 0.3) is 0 Å². The van der Waals surface area contributed by atoms with E-state index in [4.69, 9.17) is 0 Å². The Morgan fingerprint density at radius 1 is 1.50 bits per heavy atom. The molecule has 14 heavy (non-hydrogen) atoms. The van der Waals surface area contributed by atoms with Gasteiger partial charge in [0.15, 0.2) is 0 Å². The van der Waals surface area contributed by atoms with Gasteiger partial charge in [-0.1, -0.05) is 0 Å². The fraction of sp³-hybridized carbons (Fsp3) is 0.889. The predicted molar refractivity (Wildman–Crippen MR) is 62.1 cm³/mol. The van der Waals surface area contributed by atoms with E-state index in [1.165, 1.54) is 18.6 Å². The van der Waals surface area contributed by atoms with Crippen molar-refractivity contribution in [1.29, 1.82) is 0 Å². The lowest BCUT2D eigenvalue weighted by atomic mass is 10.0. The van der Waals surface area contributed by atoms with Gasteiger partial charge >= 0.3 is 0 Å². The molecule has 1 unspecified atom stereocenters. The van der Waals surface area contributed by atoms with E-state index in [2.05, 4.69) is 10.6 Å². The van der Waals surface area contributed by atoms with E-state index in [0.717, 1.165) is 19.6 Å². The van der Waals surface area contributed by atoms with E-state index in [-0.39, 0.29) is 24.2 Å². The monoisotopic (exact) mass is 236 g/mol. The van der Waals surface area contributed by atoms with Crippen molar-refractivity contribution < 1.29 is 4.79 Å². The van der Waals surface area contributed by atoms with Gasteiger partial charge in [-0.2, -0.15) is 11.8 Å². The van der Waals surface area contributed by atoms with E-state index in [1.54, 1.807) is 0 Å². The molecule has 1 atom stereocenters. The molecule has 0 bridgehead atoms. The molecule has 0 aromatic heterocycles. The molecule has 0 aromatic rings. The van der Waals surface area contributed by atoms with E-state index in [9.17, 15) is 4.79 Å². The molecule has 0 saturated carbocycles. The summed E-state index contributed by atoms with van der Waals surface area (Å²) in [4.78, 5) is 11.4. The molecular weight excluding hydrogens is 220 g/mol. The van der Waals surface area contributed by atoms with Crippen molar-refractivity contribution in [2.75, 3.05) is 25.4 Å². The third-order valence-corrected chi connectivity index (χ3v) is 4.08. The smallest absolute Gasteiger partial charge is 0.225 e. The van der Waals surface area contributed by atoms with Crippen molar-refractivity contribution in [2.45, 2.75) is 18.1 Å². The number of carbonyl (C=O) groups excluding carboxylic acids is 1. The Labute approximate surface area is 95.2 Å². The summed E-state index contributed by atoms with van der Waals surface area (Å²) in [5.74, 6) is 1.75. The lowest BCUT2D eigenvalue weighted by Gasteiger charge is -2.26. The lowest BCUT2D eigenvalue weighted by Crippen LogP contribution is -2.51. The fourth-order valence-corrected chi connectivity index (χ4v) is 2.84. The van der Waals surface area contributed by atoms with Crippen molar-refractivity contribution >= 4 is 30.1 Å². The van der Waals surface area contributed by atoms with Crippen LogP contribution in [0.2, 0.25) is 0 Å². The van der Waals surface area contributed by atoms with Crippen molar-refractivity contribution in [3.8, 4) is 0 Å². The molecule has 2 aliphatic rings. The summed E-state index contributed by atoms with van der Waals surface area (Å²) in [6.07, 6.45) is 2.59. The maximum Gasteiger partial charge on any atom is 0.225 e. The minimum Gasteiger partial charge on any atom is -0.355 e. The van der Waals surface area contributed by atoms with Crippen LogP contribution in [0.5, 0.6) is 0 Å². The topological polar surface area (TPSA) is 41.1 Å². The van der Waals surface area contributed by atoms with Gasteiger partial charge < -0.3 is 10.6 Å². The first-order valence-corrected chi connectivity index (χ1v) is 6.01. The molecule has 2 saturated heterocycles. The third-order valence-electron chi connectivity index (χ3n) is 2.68. The molecule has 3 nitrogen and oxygen atoms in total. The van der Waals surface area contributed by atoms with Crippen LogP contribution < -0.4 is 10.6 Å². The molecule has 2 heterocycles. The molecule has 2 fully saturated rings. The fourth-order valence-electron chi connectivity index (χ4n) is 1.64. The van der Waals surface area contributed by atoms with Crippen LogP contribution in [0.3, 0.4) is 0 Å². The van der Waals surface area contributed by atoms with Gasteiger partial charge in [0.2, 0.25) is 5.91 Å². The van der Waals surface area contributed by atoms with Gasteiger partial charge in [-0.25, -0.2) is 0 Å². The number of halogens is 1. The van der Waals surface area contributed by atoms with Gasteiger partial charge in [-0.05, 0) is 18.6 Å². The maximum atomic E-state index is 11.4. The summed E-state index contributed by atoms with van der Waals surface area (Å²) in [5.41, 5.74) is 0. The average molecular weight is 237 g/mol. The Hall–Kier alpha value is 0.0700. The van der Waals surface area contributed by atoms with Gasteiger partial charge in [0.1, 0.15) is 0 Å². The number of amides is 1. The highest BCUT2D eigenvalue weighted by molar-refractivity contribution is 8.00. The Bertz CT molecular complexity index is 193. The number of hydrogen-bond acceptors (Lipinski definition) is 3. The zero-order chi connectivity index (χ0) is 9.10. The van der Waals surface area contributed by atoms with Crippen LogP contribution in [-0.4, -0.2) is 36.5 Å². The standard InChI is InChI=1S/C9H16N2OS.ClH/c12-9(7-4-10-5-7)11-6-8-2-1-3-13-8;/h7-8,10H,1-6H2,(H,11,12);1H. The molecule has 1 amide bonds. The van der Waals surface area contributed by atoms with E-state index >= 15 is 0 Å². The average Bonchev–Trinajstić information content (AvgIpc) is 2.49. The van der Waals surface area contributed by atoms with Gasteiger partial charge in [0.25, 0.3) is 0 Å². The van der Waals surface area contributed by atoms with E-state index < -0.39 is 0 Å². The summed E-state index contributed by atoms with van der Waals surface area (Å²) in [7, 11) is 0. The van der Waals surface area contributed by atoms with Crippen LogP contribution >= 0.6 is 24.2 Å². The lowest BCUT2D eigenvalue weighted by molar-refractivity contribution is -0.126. The molecule has 0 aliphatic carbocycles. The van der Waals surface area contributed by atoms with Crippen molar-refractivity contribution in [1.82, 2.24) is 10.6 Å². The van der Waals surface area contributed by atoms with Gasteiger partial charge in [0, 0.05) is 24.9 Å². The number of thioether (sulfide) groups is 1. The molecule has 2 aliphatic heterocycles. The minimum atomic E-state index is 0. The number of rotatable bonds is 3. The quantitative estimate of drug-likeness (QED) is 0.756. The highest BCUT2D eigenvalue weighted by Crippen LogP contribution is 2.25. The second-order valence-corrected chi connectivity index (χ2v) is 5.14. The third kappa shape index (κ3) is 3.04. The van der Waals surface area contributed by atoms with Gasteiger partial charge in [-0.3, -0.25) is 4.79 Å². The van der Waals surface area contributed by atoms with Crippen LogP contribution in [0.4, 0.5) is 0 Å². The molecule has 5 heteroatoms. The van der Waals surface area contributed by atoms with Crippen molar-refractivity contribution in [2.24, 2.45) is 5.92 Å². The van der Waals surface area contributed by atoms with E-state index in [1.807, 2.05) is 11.8 Å².